The van der Waals surface area contributed by atoms with Gasteiger partial charge in [-0.15, -0.1) is 0 Å². The highest BCUT2D eigenvalue weighted by molar-refractivity contribution is 7.37. The number of rotatable bonds is 0. The SMILES string of the molecule is O[s+]1c2ccccc2c2ccccc21. The van der Waals surface area contributed by atoms with Crippen molar-refractivity contribution in [3.05, 3.63) is 48.5 Å². The lowest BCUT2D eigenvalue weighted by molar-refractivity contribution is 0.646. The lowest BCUT2D eigenvalue weighted by Gasteiger charge is -1.82. The van der Waals surface area contributed by atoms with Gasteiger partial charge in [0, 0.05) is 12.1 Å². The largest absolute Gasteiger partial charge is 0.218 e. The van der Waals surface area contributed by atoms with Gasteiger partial charge in [-0.3, -0.25) is 0 Å². The average Bonchev–Trinajstić information content (AvgIpc) is 2.55. The van der Waals surface area contributed by atoms with Gasteiger partial charge in [-0.05, 0) is 12.1 Å². The molecule has 0 atom stereocenters. The third-order valence-electron chi connectivity index (χ3n) is 2.48. The van der Waals surface area contributed by atoms with Crippen LogP contribution in [0.25, 0.3) is 20.2 Å². The first-order valence-electron chi connectivity index (χ1n) is 4.50. The Kier molecular flexibility index (Phi) is 1.60. The van der Waals surface area contributed by atoms with Crippen LogP contribution in [0.4, 0.5) is 0 Å². The minimum atomic E-state index is -0.723. The molecule has 0 amide bonds. The van der Waals surface area contributed by atoms with Crippen molar-refractivity contribution < 1.29 is 4.55 Å². The van der Waals surface area contributed by atoms with E-state index in [1.807, 2.05) is 36.4 Å². The number of fused-ring (bicyclic) bond motifs is 3. The van der Waals surface area contributed by atoms with Crippen LogP contribution in [0.2, 0.25) is 0 Å². The van der Waals surface area contributed by atoms with Crippen molar-refractivity contribution in [1.82, 2.24) is 0 Å². The molecule has 0 aliphatic carbocycles. The predicted molar refractivity (Wildman–Crippen MR) is 61.3 cm³/mol. The van der Waals surface area contributed by atoms with Crippen molar-refractivity contribution in [3.8, 4) is 0 Å². The highest BCUT2D eigenvalue weighted by atomic mass is 32.2. The first-order valence-corrected chi connectivity index (χ1v) is 5.68. The molecule has 1 nitrogen and oxygen atoms in total. The Bertz CT molecular complexity index is 557. The highest BCUT2D eigenvalue weighted by Gasteiger charge is 2.18. The van der Waals surface area contributed by atoms with Gasteiger partial charge in [-0.25, -0.2) is 0 Å². The molecule has 1 N–H and O–H groups in total. The second-order valence-corrected chi connectivity index (χ2v) is 4.73. The Morgan fingerprint density at radius 1 is 0.714 bits per heavy atom. The van der Waals surface area contributed by atoms with Gasteiger partial charge in [0.1, 0.15) is 0 Å². The number of benzene rings is 2. The van der Waals surface area contributed by atoms with Gasteiger partial charge in [-0.1, -0.05) is 24.3 Å². The number of thiophene rings is 1. The van der Waals surface area contributed by atoms with Gasteiger partial charge in [-0.2, -0.15) is 4.55 Å². The zero-order valence-electron chi connectivity index (χ0n) is 7.47. The van der Waals surface area contributed by atoms with E-state index < -0.39 is 10.8 Å². The normalized spacial score (nSPS) is 11.2. The van der Waals surface area contributed by atoms with Crippen molar-refractivity contribution in [1.29, 1.82) is 0 Å². The standard InChI is InChI=1S/C12H9OS/c13-14-11-7-3-1-5-9(11)10-6-2-4-8-12(10)14/h1-8,13H/q+1. The molecule has 3 aromatic rings. The van der Waals surface area contributed by atoms with Gasteiger partial charge in [0.15, 0.2) is 10.8 Å². The molecule has 0 radical (unpaired) electrons. The van der Waals surface area contributed by atoms with Crippen molar-refractivity contribution in [2.75, 3.05) is 0 Å². The van der Waals surface area contributed by atoms with Crippen LogP contribution in [0.15, 0.2) is 48.5 Å². The summed E-state index contributed by atoms with van der Waals surface area (Å²) in [7, 11) is -0.723. The molecule has 0 unspecified atom stereocenters. The van der Waals surface area contributed by atoms with E-state index in [1.54, 1.807) is 0 Å². The first kappa shape index (κ1) is 7.97. The van der Waals surface area contributed by atoms with Crippen LogP contribution >= 0.6 is 10.8 Å². The van der Waals surface area contributed by atoms with Crippen LogP contribution in [0.1, 0.15) is 0 Å². The Morgan fingerprint density at radius 3 is 1.64 bits per heavy atom. The number of hydrogen-bond acceptors (Lipinski definition) is 1. The summed E-state index contributed by atoms with van der Waals surface area (Å²) in [6, 6.07) is 16.1. The summed E-state index contributed by atoms with van der Waals surface area (Å²) in [5.74, 6) is 0. The van der Waals surface area contributed by atoms with Crippen molar-refractivity contribution in [2.24, 2.45) is 0 Å². The van der Waals surface area contributed by atoms with Crippen LogP contribution in [0, 0.1) is 0 Å². The maximum absolute atomic E-state index is 10.1. The summed E-state index contributed by atoms with van der Waals surface area (Å²) in [5, 5.41) is 2.35. The summed E-state index contributed by atoms with van der Waals surface area (Å²) < 4.78 is 12.2. The molecular weight excluding hydrogens is 192 g/mol. The van der Waals surface area contributed by atoms with E-state index in [9.17, 15) is 4.55 Å². The summed E-state index contributed by atoms with van der Waals surface area (Å²) in [5.41, 5.74) is 0. The molecule has 3 rings (SSSR count). The molecule has 0 aliphatic heterocycles. The van der Waals surface area contributed by atoms with E-state index in [4.69, 9.17) is 0 Å². The zero-order chi connectivity index (χ0) is 9.54. The first-order chi connectivity index (χ1) is 6.88. The predicted octanol–water partition coefficient (Wildman–Crippen LogP) is 3.88. The van der Waals surface area contributed by atoms with Crippen LogP contribution in [0.5, 0.6) is 0 Å². The molecule has 0 saturated heterocycles. The van der Waals surface area contributed by atoms with Crippen LogP contribution in [-0.4, -0.2) is 4.55 Å². The molecule has 0 bridgehead atoms. The van der Waals surface area contributed by atoms with Crippen LogP contribution in [-0.2, 0) is 0 Å². The third kappa shape index (κ3) is 0.924. The Hall–Kier alpha value is -1.38. The fraction of sp³-hybridized carbons (Fsp3) is 0. The van der Waals surface area contributed by atoms with Crippen molar-refractivity contribution in [3.63, 3.8) is 0 Å². The molecule has 2 heteroatoms. The molecule has 0 spiro atoms. The second-order valence-electron chi connectivity index (χ2n) is 3.28. The molecule has 1 heterocycles. The molecule has 1 aromatic heterocycles. The van der Waals surface area contributed by atoms with E-state index in [2.05, 4.69) is 12.1 Å². The average molecular weight is 201 g/mol. The molecule has 14 heavy (non-hydrogen) atoms. The molecule has 0 fully saturated rings. The Balaban J connectivity index is 2.69. The van der Waals surface area contributed by atoms with E-state index in [1.165, 1.54) is 10.8 Å². The van der Waals surface area contributed by atoms with Crippen molar-refractivity contribution >= 4 is 30.9 Å². The molecule has 0 aliphatic rings. The van der Waals surface area contributed by atoms with Gasteiger partial charge in [0.2, 0.25) is 9.40 Å². The highest BCUT2D eigenvalue weighted by Crippen LogP contribution is 2.39. The third-order valence-corrected chi connectivity index (χ3v) is 4.03. The number of hydrogen-bond donors (Lipinski definition) is 1. The fourth-order valence-corrected chi connectivity index (χ4v) is 3.26. The maximum Gasteiger partial charge on any atom is 0.218 e. The zero-order valence-corrected chi connectivity index (χ0v) is 8.29. The Labute approximate surface area is 84.4 Å². The smallest absolute Gasteiger partial charge is 0.163 e. The molecule has 0 saturated carbocycles. The van der Waals surface area contributed by atoms with Crippen molar-refractivity contribution in [2.45, 2.75) is 0 Å². The molecule has 2 aromatic carbocycles. The summed E-state index contributed by atoms with van der Waals surface area (Å²) in [6.07, 6.45) is 0. The van der Waals surface area contributed by atoms with E-state index in [0.29, 0.717) is 0 Å². The van der Waals surface area contributed by atoms with E-state index in [-0.39, 0.29) is 0 Å². The Morgan fingerprint density at radius 2 is 1.14 bits per heavy atom. The quantitative estimate of drug-likeness (QED) is 0.547. The monoisotopic (exact) mass is 201 g/mol. The van der Waals surface area contributed by atoms with Gasteiger partial charge in [0.05, 0.1) is 10.8 Å². The lowest BCUT2D eigenvalue weighted by atomic mass is 10.2. The van der Waals surface area contributed by atoms with Gasteiger partial charge in [0.25, 0.3) is 0 Å². The summed E-state index contributed by atoms with van der Waals surface area (Å²) in [6.45, 7) is 0. The van der Waals surface area contributed by atoms with Crippen LogP contribution in [0.3, 0.4) is 0 Å². The molecule has 68 valence electrons. The second kappa shape index (κ2) is 2.80. The summed E-state index contributed by atoms with van der Waals surface area (Å²) in [4.78, 5) is 0. The van der Waals surface area contributed by atoms with Crippen LogP contribution < -0.4 is 0 Å². The topological polar surface area (TPSA) is 20.2 Å². The minimum absolute atomic E-state index is 0.723. The lowest BCUT2D eigenvalue weighted by Crippen LogP contribution is -1.62. The molecular formula is C12H9OS+. The summed E-state index contributed by atoms with van der Waals surface area (Å²) >= 11 is 0. The fourth-order valence-electron chi connectivity index (χ4n) is 1.83. The van der Waals surface area contributed by atoms with Gasteiger partial charge >= 0.3 is 0 Å². The minimum Gasteiger partial charge on any atom is -0.163 e. The van der Waals surface area contributed by atoms with Gasteiger partial charge < -0.3 is 0 Å². The van der Waals surface area contributed by atoms with E-state index in [0.717, 1.165) is 9.40 Å². The van der Waals surface area contributed by atoms with E-state index >= 15 is 0 Å². The maximum atomic E-state index is 10.1.